The van der Waals surface area contributed by atoms with Gasteiger partial charge in [0.15, 0.2) is 0 Å². The van der Waals surface area contributed by atoms with Gasteiger partial charge in [-0.1, -0.05) is 30.3 Å². The van der Waals surface area contributed by atoms with Crippen LogP contribution in [0.2, 0.25) is 0 Å². The van der Waals surface area contributed by atoms with Crippen molar-refractivity contribution in [2.24, 2.45) is 0 Å². The minimum Gasteiger partial charge on any atom is -0.465 e. The molecule has 1 heterocycles. The molecule has 1 N–H and O–H groups in total. The molecule has 1 aromatic heterocycles. The van der Waals surface area contributed by atoms with Gasteiger partial charge in [-0.15, -0.1) is 11.3 Å². The molecule has 0 saturated heterocycles. The number of carbonyl (C=O) groups is 2. The largest absolute Gasteiger partial charge is 0.465 e. The Morgan fingerprint density at radius 3 is 2.33 bits per heavy atom. The lowest BCUT2D eigenvalue weighted by Gasteiger charge is -2.09. The maximum atomic E-state index is 13.3. The first-order chi connectivity index (χ1) is 12.9. The SMILES string of the molecule is COC(=O)c1c(NC(=O)c2ccccc2C)sc(C)c1-c1ccc(F)cc1. The van der Waals surface area contributed by atoms with Gasteiger partial charge in [-0.25, -0.2) is 9.18 Å². The number of benzene rings is 2. The van der Waals surface area contributed by atoms with E-state index < -0.39 is 5.97 Å². The van der Waals surface area contributed by atoms with Crippen LogP contribution in [0.15, 0.2) is 48.5 Å². The monoisotopic (exact) mass is 383 g/mol. The van der Waals surface area contributed by atoms with Crippen LogP contribution in [-0.2, 0) is 4.74 Å². The van der Waals surface area contributed by atoms with E-state index in [1.807, 2.05) is 26.0 Å². The zero-order valence-corrected chi connectivity index (χ0v) is 15.9. The smallest absolute Gasteiger partial charge is 0.341 e. The Kier molecular flexibility index (Phi) is 5.37. The van der Waals surface area contributed by atoms with E-state index in [-0.39, 0.29) is 17.3 Å². The summed E-state index contributed by atoms with van der Waals surface area (Å²) in [5.74, 6) is -1.22. The van der Waals surface area contributed by atoms with Gasteiger partial charge in [0.05, 0.1) is 7.11 Å². The van der Waals surface area contributed by atoms with E-state index in [2.05, 4.69) is 5.32 Å². The molecule has 0 aliphatic rings. The summed E-state index contributed by atoms with van der Waals surface area (Å²) in [5.41, 5.74) is 2.95. The Labute approximate surface area is 160 Å². The Morgan fingerprint density at radius 2 is 1.70 bits per heavy atom. The number of hydrogen-bond donors (Lipinski definition) is 1. The number of halogens is 1. The van der Waals surface area contributed by atoms with Gasteiger partial charge in [-0.05, 0) is 43.2 Å². The molecule has 0 bridgehead atoms. The fourth-order valence-corrected chi connectivity index (χ4v) is 3.95. The van der Waals surface area contributed by atoms with Crippen LogP contribution in [0, 0.1) is 19.7 Å². The number of thiophene rings is 1. The van der Waals surface area contributed by atoms with Crippen LogP contribution < -0.4 is 5.32 Å². The van der Waals surface area contributed by atoms with E-state index in [1.54, 1.807) is 24.3 Å². The third-order valence-electron chi connectivity index (χ3n) is 4.22. The number of ether oxygens (including phenoxy) is 1. The molecule has 138 valence electrons. The van der Waals surface area contributed by atoms with Crippen molar-refractivity contribution in [3.63, 3.8) is 0 Å². The Balaban J connectivity index is 2.07. The van der Waals surface area contributed by atoms with E-state index in [0.29, 0.717) is 21.7 Å². The maximum Gasteiger partial charge on any atom is 0.341 e. The predicted molar refractivity (Wildman–Crippen MR) is 105 cm³/mol. The van der Waals surface area contributed by atoms with E-state index in [4.69, 9.17) is 4.74 Å². The van der Waals surface area contributed by atoms with Crippen LogP contribution in [-0.4, -0.2) is 19.0 Å². The van der Waals surface area contributed by atoms with E-state index in [0.717, 1.165) is 10.4 Å². The highest BCUT2D eigenvalue weighted by Crippen LogP contribution is 2.40. The van der Waals surface area contributed by atoms with Crippen LogP contribution in [0.25, 0.3) is 11.1 Å². The van der Waals surface area contributed by atoms with Crippen LogP contribution in [0.5, 0.6) is 0 Å². The number of aryl methyl sites for hydroxylation is 2. The zero-order chi connectivity index (χ0) is 19.6. The number of rotatable bonds is 4. The molecule has 6 heteroatoms. The second-order valence-corrected chi connectivity index (χ2v) is 7.23. The summed E-state index contributed by atoms with van der Waals surface area (Å²) >= 11 is 1.29. The van der Waals surface area contributed by atoms with Crippen LogP contribution >= 0.6 is 11.3 Å². The first-order valence-corrected chi connectivity index (χ1v) is 9.08. The molecule has 0 unspecified atom stereocenters. The number of amides is 1. The number of nitrogens with one attached hydrogen (secondary N) is 1. The summed E-state index contributed by atoms with van der Waals surface area (Å²) in [6.07, 6.45) is 0. The first kappa shape index (κ1) is 18.8. The molecule has 27 heavy (non-hydrogen) atoms. The lowest BCUT2D eigenvalue weighted by molar-refractivity contribution is 0.0603. The fourth-order valence-electron chi connectivity index (χ4n) is 2.89. The van der Waals surface area contributed by atoms with Crippen molar-refractivity contribution >= 4 is 28.2 Å². The van der Waals surface area contributed by atoms with Crippen molar-refractivity contribution < 1.29 is 18.7 Å². The van der Waals surface area contributed by atoms with Gasteiger partial charge < -0.3 is 10.1 Å². The second kappa shape index (κ2) is 7.72. The van der Waals surface area contributed by atoms with Gasteiger partial charge in [0, 0.05) is 16.0 Å². The van der Waals surface area contributed by atoms with Crippen molar-refractivity contribution in [3.05, 3.63) is 75.9 Å². The molecule has 0 aliphatic carbocycles. The standard InChI is InChI=1S/C21H18FNO3S/c1-12-6-4-5-7-16(12)19(24)23-20-18(21(25)26-3)17(13(2)27-20)14-8-10-15(22)11-9-14/h4-11H,1-3H3,(H,23,24). The van der Waals surface area contributed by atoms with Crippen molar-refractivity contribution in [1.29, 1.82) is 0 Å². The first-order valence-electron chi connectivity index (χ1n) is 8.27. The maximum absolute atomic E-state index is 13.3. The number of hydrogen-bond acceptors (Lipinski definition) is 4. The topological polar surface area (TPSA) is 55.4 Å². The van der Waals surface area contributed by atoms with Gasteiger partial charge in [0.1, 0.15) is 16.4 Å². The van der Waals surface area contributed by atoms with E-state index in [9.17, 15) is 14.0 Å². The van der Waals surface area contributed by atoms with Crippen molar-refractivity contribution in [2.45, 2.75) is 13.8 Å². The molecule has 0 radical (unpaired) electrons. The lowest BCUT2D eigenvalue weighted by Crippen LogP contribution is -2.15. The minimum atomic E-state index is -0.557. The zero-order valence-electron chi connectivity index (χ0n) is 15.1. The minimum absolute atomic E-state index is 0.272. The molecule has 0 saturated carbocycles. The summed E-state index contributed by atoms with van der Waals surface area (Å²) in [4.78, 5) is 26.0. The second-order valence-electron chi connectivity index (χ2n) is 6.00. The Morgan fingerprint density at radius 1 is 1.04 bits per heavy atom. The summed E-state index contributed by atoms with van der Waals surface area (Å²) in [5, 5.41) is 3.24. The molecule has 0 aliphatic heterocycles. The molecule has 4 nitrogen and oxygen atoms in total. The van der Waals surface area contributed by atoms with E-state index >= 15 is 0 Å². The third-order valence-corrected chi connectivity index (χ3v) is 5.24. The fraction of sp³-hybridized carbons (Fsp3) is 0.143. The van der Waals surface area contributed by atoms with Gasteiger partial charge in [0.25, 0.3) is 5.91 Å². The van der Waals surface area contributed by atoms with Crippen molar-refractivity contribution in [1.82, 2.24) is 0 Å². The number of esters is 1. The van der Waals surface area contributed by atoms with Crippen LogP contribution in [0.4, 0.5) is 9.39 Å². The molecule has 0 spiro atoms. The average Bonchev–Trinajstić information content (AvgIpc) is 2.97. The molecule has 2 aromatic carbocycles. The van der Waals surface area contributed by atoms with Gasteiger partial charge in [-0.2, -0.15) is 0 Å². The van der Waals surface area contributed by atoms with Crippen molar-refractivity contribution in [3.8, 4) is 11.1 Å². The predicted octanol–water partition coefficient (Wildman–Crippen LogP) is 5.21. The summed E-state index contributed by atoms with van der Waals surface area (Å²) in [6.45, 7) is 3.69. The third kappa shape index (κ3) is 3.75. The molecule has 1 amide bonds. The normalized spacial score (nSPS) is 10.5. The van der Waals surface area contributed by atoms with Crippen LogP contribution in [0.3, 0.4) is 0 Å². The van der Waals surface area contributed by atoms with Gasteiger partial charge >= 0.3 is 5.97 Å². The van der Waals surface area contributed by atoms with Crippen LogP contribution in [0.1, 0.15) is 31.2 Å². The number of methoxy groups -OCH3 is 1. The molecule has 3 aromatic rings. The van der Waals surface area contributed by atoms with Crippen molar-refractivity contribution in [2.75, 3.05) is 12.4 Å². The number of carbonyl (C=O) groups excluding carboxylic acids is 2. The molecule has 0 atom stereocenters. The lowest BCUT2D eigenvalue weighted by atomic mass is 10.0. The summed E-state index contributed by atoms with van der Waals surface area (Å²) in [6, 6.07) is 13.1. The average molecular weight is 383 g/mol. The highest BCUT2D eigenvalue weighted by Gasteiger charge is 2.25. The highest BCUT2D eigenvalue weighted by molar-refractivity contribution is 7.17. The molecular formula is C21H18FNO3S. The highest BCUT2D eigenvalue weighted by atomic mass is 32.1. The molecular weight excluding hydrogens is 365 g/mol. The van der Waals surface area contributed by atoms with E-state index in [1.165, 1.54) is 30.6 Å². The van der Waals surface area contributed by atoms with Gasteiger partial charge in [0.2, 0.25) is 0 Å². The Bertz CT molecular complexity index is 1010. The Hall–Kier alpha value is -2.99. The molecule has 0 fully saturated rings. The quantitative estimate of drug-likeness (QED) is 0.629. The summed E-state index contributed by atoms with van der Waals surface area (Å²) < 4.78 is 18.2. The summed E-state index contributed by atoms with van der Waals surface area (Å²) in [7, 11) is 1.29. The number of anilines is 1. The van der Waals surface area contributed by atoms with Gasteiger partial charge in [-0.3, -0.25) is 4.79 Å². The molecule has 3 rings (SSSR count).